The first-order valence-corrected chi connectivity index (χ1v) is 9.34. The molecule has 28 heavy (non-hydrogen) atoms. The molecule has 1 atom stereocenters. The molecule has 0 amide bonds. The highest BCUT2D eigenvalue weighted by molar-refractivity contribution is 6.05. The fourth-order valence-electron chi connectivity index (χ4n) is 4.02. The van der Waals surface area contributed by atoms with E-state index in [0.717, 1.165) is 43.4 Å². The molecule has 1 aromatic carbocycles. The predicted octanol–water partition coefficient (Wildman–Crippen LogP) is 1.51. The van der Waals surface area contributed by atoms with E-state index >= 15 is 0 Å². The lowest BCUT2D eigenvalue weighted by Gasteiger charge is -2.45. The van der Waals surface area contributed by atoms with Crippen molar-refractivity contribution in [3.63, 3.8) is 0 Å². The van der Waals surface area contributed by atoms with Crippen molar-refractivity contribution in [2.75, 3.05) is 4.90 Å². The van der Waals surface area contributed by atoms with Crippen LogP contribution in [-0.4, -0.2) is 39.7 Å². The Morgan fingerprint density at radius 1 is 1.11 bits per heavy atom. The Morgan fingerprint density at radius 2 is 1.75 bits per heavy atom. The van der Waals surface area contributed by atoms with Crippen molar-refractivity contribution in [1.29, 1.82) is 0 Å². The van der Waals surface area contributed by atoms with Gasteiger partial charge in [-0.15, -0.1) is 0 Å². The van der Waals surface area contributed by atoms with Crippen LogP contribution in [0.15, 0.2) is 34.3 Å². The molecule has 9 heteroatoms. The van der Waals surface area contributed by atoms with E-state index in [4.69, 9.17) is 16.6 Å². The van der Waals surface area contributed by atoms with Gasteiger partial charge < -0.3 is 21.7 Å². The molecule has 0 radical (unpaired) electrons. The number of aliphatic carboxylic acids is 2. The monoisotopic (exact) mass is 387 g/mol. The van der Waals surface area contributed by atoms with Crippen molar-refractivity contribution in [3.05, 3.63) is 29.8 Å². The van der Waals surface area contributed by atoms with Gasteiger partial charge in [-0.2, -0.15) is 4.99 Å². The fourth-order valence-corrected chi connectivity index (χ4v) is 4.02. The molecule has 1 heterocycles. The van der Waals surface area contributed by atoms with Gasteiger partial charge in [0.1, 0.15) is 5.66 Å². The number of nitrogens with zero attached hydrogens (tertiary/aromatic N) is 3. The van der Waals surface area contributed by atoms with E-state index in [9.17, 15) is 14.7 Å². The Kier molecular flexibility index (Phi) is 5.53. The molecule has 6 N–H and O–H groups in total. The summed E-state index contributed by atoms with van der Waals surface area (Å²) in [5.74, 6) is -2.75. The third kappa shape index (κ3) is 4.08. The van der Waals surface area contributed by atoms with E-state index in [1.54, 1.807) is 12.1 Å². The molecular weight excluding hydrogens is 362 g/mol. The minimum absolute atomic E-state index is 0.141. The van der Waals surface area contributed by atoms with Gasteiger partial charge in [0.2, 0.25) is 11.9 Å². The van der Waals surface area contributed by atoms with E-state index in [2.05, 4.69) is 9.98 Å². The molecule has 0 bridgehead atoms. The highest BCUT2D eigenvalue weighted by Crippen LogP contribution is 2.39. The molecular formula is C19H25N5O4. The van der Waals surface area contributed by atoms with Gasteiger partial charge in [-0.1, -0.05) is 18.6 Å². The molecule has 0 saturated heterocycles. The average molecular weight is 387 g/mol. The highest BCUT2D eigenvalue weighted by atomic mass is 16.4. The van der Waals surface area contributed by atoms with E-state index in [1.807, 2.05) is 17.0 Å². The first-order chi connectivity index (χ1) is 13.3. The van der Waals surface area contributed by atoms with Crippen LogP contribution in [-0.2, 0) is 16.0 Å². The van der Waals surface area contributed by atoms with Gasteiger partial charge in [0.25, 0.3) is 0 Å². The number of guanidine groups is 2. The maximum atomic E-state index is 11.3. The van der Waals surface area contributed by atoms with Crippen molar-refractivity contribution in [2.45, 2.75) is 50.6 Å². The predicted molar refractivity (Wildman–Crippen MR) is 105 cm³/mol. The van der Waals surface area contributed by atoms with Gasteiger partial charge in [0.05, 0.1) is 12.3 Å². The summed E-state index contributed by atoms with van der Waals surface area (Å²) in [4.78, 5) is 32.8. The van der Waals surface area contributed by atoms with Crippen molar-refractivity contribution in [3.8, 4) is 0 Å². The Balaban J connectivity index is 1.84. The van der Waals surface area contributed by atoms with E-state index in [0.29, 0.717) is 0 Å². The molecule has 1 fully saturated rings. The molecule has 1 saturated carbocycles. The van der Waals surface area contributed by atoms with Crippen molar-refractivity contribution in [2.24, 2.45) is 27.4 Å². The maximum absolute atomic E-state index is 11.3. The van der Waals surface area contributed by atoms with Crippen LogP contribution in [0.5, 0.6) is 0 Å². The van der Waals surface area contributed by atoms with Crippen molar-refractivity contribution >= 4 is 29.5 Å². The zero-order valence-corrected chi connectivity index (χ0v) is 15.5. The second-order valence-corrected chi connectivity index (χ2v) is 7.32. The van der Waals surface area contributed by atoms with Crippen LogP contribution in [0, 0.1) is 5.92 Å². The topological polar surface area (TPSA) is 155 Å². The smallest absolute Gasteiger partial charge is 0.307 e. The normalized spacial score (nSPS) is 19.6. The van der Waals surface area contributed by atoms with E-state index in [-0.39, 0.29) is 18.3 Å². The number of hydrogen-bond donors (Lipinski definition) is 4. The summed E-state index contributed by atoms with van der Waals surface area (Å²) in [5.41, 5.74) is 13.1. The van der Waals surface area contributed by atoms with Crippen LogP contribution < -0.4 is 16.4 Å². The Labute approximate surface area is 162 Å². The van der Waals surface area contributed by atoms with Gasteiger partial charge in [0.15, 0.2) is 0 Å². The molecule has 1 aliphatic carbocycles. The summed E-state index contributed by atoms with van der Waals surface area (Å²) in [6.07, 6.45) is 4.56. The van der Waals surface area contributed by atoms with Gasteiger partial charge in [-0.3, -0.25) is 14.5 Å². The number of benzene rings is 1. The third-order valence-electron chi connectivity index (χ3n) is 5.30. The van der Waals surface area contributed by atoms with Crippen LogP contribution in [0.2, 0.25) is 0 Å². The minimum atomic E-state index is -1.13. The second kappa shape index (κ2) is 7.87. The fraction of sp³-hybridized carbons (Fsp3) is 0.474. The molecule has 3 rings (SSSR count). The van der Waals surface area contributed by atoms with E-state index in [1.165, 1.54) is 0 Å². The molecule has 0 aromatic heterocycles. The minimum Gasteiger partial charge on any atom is -0.481 e. The standard InChI is InChI=1S/C19H25N5O4/c20-17-22-18(21)24(19(23-17)8-2-1-3-9-19)14-6-4-12(5-7-14)10-13(16(27)28)11-15(25)26/h4-7,13H,1-3,8-11H2,(H,25,26)(H,27,28)(H4,20,21,22,23). The molecule has 1 unspecified atom stereocenters. The first-order valence-electron chi connectivity index (χ1n) is 9.34. The van der Waals surface area contributed by atoms with Crippen LogP contribution in [0.1, 0.15) is 44.1 Å². The summed E-state index contributed by atoms with van der Waals surface area (Å²) >= 11 is 0. The maximum Gasteiger partial charge on any atom is 0.307 e. The summed E-state index contributed by atoms with van der Waals surface area (Å²) in [6.45, 7) is 0. The number of carbonyl (C=O) groups is 2. The molecule has 150 valence electrons. The zero-order valence-electron chi connectivity index (χ0n) is 15.5. The van der Waals surface area contributed by atoms with Gasteiger partial charge in [-0.05, 0) is 49.8 Å². The number of carboxylic acids is 2. The summed E-state index contributed by atoms with van der Waals surface area (Å²) in [7, 11) is 0. The van der Waals surface area contributed by atoms with Gasteiger partial charge >= 0.3 is 11.9 Å². The molecule has 1 aromatic rings. The first kappa shape index (κ1) is 19.7. The number of hydrogen-bond acceptors (Lipinski definition) is 7. The summed E-state index contributed by atoms with van der Waals surface area (Å²) in [5, 5.41) is 18.1. The Bertz CT molecular complexity index is 812. The molecule has 9 nitrogen and oxygen atoms in total. The zero-order chi connectivity index (χ0) is 20.3. The number of nitrogens with two attached hydrogens (primary N) is 2. The van der Waals surface area contributed by atoms with Gasteiger partial charge in [0, 0.05) is 5.69 Å². The molecule has 2 aliphatic rings. The second-order valence-electron chi connectivity index (χ2n) is 7.32. The van der Waals surface area contributed by atoms with Crippen LogP contribution in [0.25, 0.3) is 0 Å². The molecule has 1 aliphatic heterocycles. The number of aliphatic imine (C=N–C) groups is 2. The number of carboxylic acid groups (broad SMARTS) is 2. The number of anilines is 1. The summed E-state index contributed by atoms with van der Waals surface area (Å²) < 4.78 is 0. The third-order valence-corrected chi connectivity index (χ3v) is 5.30. The number of rotatable bonds is 6. The van der Waals surface area contributed by atoms with Crippen molar-refractivity contribution in [1.82, 2.24) is 0 Å². The van der Waals surface area contributed by atoms with Crippen molar-refractivity contribution < 1.29 is 19.8 Å². The Morgan fingerprint density at radius 3 is 2.32 bits per heavy atom. The Hall–Kier alpha value is -3.10. The van der Waals surface area contributed by atoms with E-state index < -0.39 is 29.9 Å². The lowest BCUT2D eigenvalue weighted by molar-refractivity contribution is -0.148. The largest absolute Gasteiger partial charge is 0.481 e. The van der Waals surface area contributed by atoms with Crippen LogP contribution >= 0.6 is 0 Å². The average Bonchev–Trinajstić information content (AvgIpc) is 2.62. The van der Waals surface area contributed by atoms with Crippen LogP contribution in [0.4, 0.5) is 5.69 Å². The highest BCUT2D eigenvalue weighted by Gasteiger charge is 2.42. The van der Waals surface area contributed by atoms with Crippen LogP contribution in [0.3, 0.4) is 0 Å². The SMILES string of the molecule is NC1=NC2(CCCCC2)N(c2ccc(CC(CC(=O)O)C(=O)O)cc2)C(N)=N1. The van der Waals surface area contributed by atoms with Gasteiger partial charge in [-0.25, -0.2) is 4.99 Å². The molecule has 1 spiro atoms. The lowest BCUT2D eigenvalue weighted by Crippen LogP contribution is -2.58. The quantitative estimate of drug-likeness (QED) is 0.576. The lowest BCUT2D eigenvalue weighted by atomic mass is 9.87. The summed E-state index contributed by atoms with van der Waals surface area (Å²) in [6, 6.07) is 7.26.